The molecule has 1 heterocycles. The first-order valence-corrected chi connectivity index (χ1v) is 8.47. The molecule has 0 atom stereocenters. The Balaban J connectivity index is 1.75. The lowest BCUT2D eigenvalue weighted by Crippen LogP contribution is -2.24. The molecular weight excluding hydrogens is 441 g/mol. The SMILES string of the molecule is O=c1c(I)c(OCc2ccc(F)cc2)ncn1Cc1cccc(F)c1. The number of hydrogen-bond donors (Lipinski definition) is 0. The third-order valence-corrected chi connectivity index (χ3v) is 4.40. The highest BCUT2D eigenvalue weighted by Crippen LogP contribution is 2.15. The first-order chi connectivity index (χ1) is 12.0. The summed E-state index contributed by atoms with van der Waals surface area (Å²) in [5, 5.41) is 0. The van der Waals surface area contributed by atoms with E-state index in [2.05, 4.69) is 4.98 Å². The zero-order valence-electron chi connectivity index (χ0n) is 13.0. The van der Waals surface area contributed by atoms with E-state index in [0.717, 1.165) is 5.56 Å². The summed E-state index contributed by atoms with van der Waals surface area (Å²) in [7, 11) is 0. The number of halogens is 3. The molecule has 3 rings (SSSR count). The van der Waals surface area contributed by atoms with Gasteiger partial charge in [-0.15, -0.1) is 0 Å². The van der Waals surface area contributed by atoms with Crippen molar-refractivity contribution < 1.29 is 13.5 Å². The highest BCUT2D eigenvalue weighted by Gasteiger charge is 2.11. The van der Waals surface area contributed by atoms with Crippen LogP contribution in [-0.4, -0.2) is 9.55 Å². The summed E-state index contributed by atoms with van der Waals surface area (Å²) >= 11 is 1.87. The largest absolute Gasteiger partial charge is 0.472 e. The highest BCUT2D eigenvalue weighted by molar-refractivity contribution is 14.1. The fourth-order valence-corrected chi connectivity index (χ4v) is 2.83. The second kappa shape index (κ2) is 7.73. The molecule has 0 aliphatic rings. The second-order valence-electron chi connectivity index (χ2n) is 5.34. The van der Waals surface area contributed by atoms with Crippen molar-refractivity contribution in [3.63, 3.8) is 0 Å². The lowest BCUT2D eigenvalue weighted by Gasteiger charge is -2.10. The van der Waals surface area contributed by atoms with Gasteiger partial charge in [0, 0.05) is 0 Å². The number of ether oxygens (including phenoxy) is 1. The van der Waals surface area contributed by atoms with E-state index in [4.69, 9.17) is 4.74 Å². The van der Waals surface area contributed by atoms with Crippen molar-refractivity contribution >= 4 is 22.6 Å². The van der Waals surface area contributed by atoms with E-state index in [1.165, 1.54) is 35.2 Å². The van der Waals surface area contributed by atoms with E-state index in [-0.39, 0.29) is 36.2 Å². The molecule has 0 aliphatic carbocycles. The number of benzene rings is 2. The molecule has 25 heavy (non-hydrogen) atoms. The van der Waals surface area contributed by atoms with Crippen LogP contribution in [0.4, 0.5) is 8.78 Å². The van der Waals surface area contributed by atoms with Crippen LogP contribution in [0.2, 0.25) is 0 Å². The molecule has 0 saturated carbocycles. The fraction of sp³-hybridized carbons (Fsp3) is 0.111. The summed E-state index contributed by atoms with van der Waals surface area (Å²) < 4.78 is 33.4. The lowest BCUT2D eigenvalue weighted by molar-refractivity contribution is 0.289. The molecule has 0 fully saturated rings. The van der Waals surface area contributed by atoms with Crippen molar-refractivity contribution in [3.05, 3.63) is 91.5 Å². The van der Waals surface area contributed by atoms with Gasteiger partial charge < -0.3 is 4.74 Å². The summed E-state index contributed by atoms with van der Waals surface area (Å²) in [6.07, 6.45) is 1.37. The average molecular weight is 454 g/mol. The van der Waals surface area contributed by atoms with Crippen LogP contribution < -0.4 is 10.3 Å². The van der Waals surface area contributed by atoms with Crippen molar-refractivity contribution in [1.82, 2.24) is 9.55 Å². The van der Waals surface area contributed by atoms with Crippen LogP contribution in [0, 0.1) is 15.2 Å². The van der Waals surface area contributed by atoms with Gasteiger partial charge in [0.25, 0.3) is 5.56 Å². The Hall–Kier alpha value is -2.29. The monoisotopic (exact) mass is 454 g/mol. The quantitative estimate of drug-likeness (QED) is 0.552. The Morgan fingerprint density at radius 2 is 1.80 bits per heavy atom. The van der Waals surface area contributed by atoms with Gasteiger partial charge in [-0.25, -0.2) is 13.8 Å². The standard InChI is InChI=1S/C18H13F2IN2O2/c19-14-6-4-12(5-7-14)10-25-17-16(21)18(24)23(11-22-17)9-13-2-1-3-15(20)8-13/h1-8,11H,9-10H2. The number of nitrogens with zero attached hydrogens (tertiary/aromatic N) is 2. The zero-order chi connectivity index (χ0) is 17.8. The van der Waals surface area contributed by atoms with Crippen LogP contribution in [-0.2, 0) is 13.2 Å². The number of hydrogen-bond acceptors (Lipinski definition) is 3. The van der Waals surface area contributed by atoms with Gasteiger partial charge >= 0.3 is 0 Å². The van der Waals surface area contributed by atoms with Crippen LogP contribution in [0.25, 0.3) is 0 Å². The molecule has 4 nitrogen and oxygen atoms in total. The third-order valence-electron chi connectivity index (χ3n) is 3.48. The van der Waals surface area contributed by atoms with Crippen molar-refractivity contribution in [1.29, 1.82) is 0 Å². The van der Waals surface area contributed by atoms with Gasteiger partial charge in [0.2, 0.25) is 5.88 Å². The molecule has 0 spiro atoms. The minimum atomic E-state index is -0.354. The average Bonchev–Trinajstić information content (AvgIpc) is 2.60. The van der Waals surface area contributed by atoms with Crippen LogP contribution in [0.15, 0.2) is 59.7 Å². The Morgan fingerprint density at radius 3 is 2.52 bits per heavy atom. The molecule has 0 aliphatic heterocycles. The normalized spacial score (nSPS) is 10.7. The Bertz CT molecular complexity index is 943. The Morgan fingerprint density at radius 1 is 1.04 bits per heavy atom. The van der Waals surface area contributed by atoms with Crippen molar-refractivity contribution in [2.24, 2.45) is 0 Å². The summed E-state index contributed by atoms with van der Waals surface area (Å²) in [6.45, 7) is 0.397. The molecule has 3 aromatic rings. The molecule has 0 unspecified atom stereocenters. The van der Waals surface area contributed by atoms with E-state index >= 15 is 0 Å². The van der Waals surface area contributed by atoms with Crippen LogP contribution >= 0.6 is 22.6 Å². The van der Waals surface area contributed by atoms with Gasteiger partial charge in [0.05, 0.1) is 6.54 Å². The first-order valence-electron chi connectivity index (χ1n) is 7.39. The zero-order valence-corrected chi connectivity index (χ0v) is 15.1. The van der Waals surface area contributed by atoms with Gasteiger partial charge in [-0.05, 0) is 58.0 Å². The van der Waals surface area contributed by atoms with E-state index in [0.29, 0.717) is 9.13 Å². The minimum Gasteiger partial charge on any atom is -0.472 e. The molecule has 0 N–H and O–H groups in total. The maximum absolute atomic E-state index is 13.3. The highest BCUT2D eigenvalue weighted by atomic mass is 127. The Labute approximate surface area is 156 Å². The number of rotatable bonds is 5. The van der Waals surface area contributed by atoms with E-state index in [9.17, 15) is 13.6 Å². The van der Waals surface area contributed by atoms with Crippen LogP contribution in [0.5, 0.6) is 5.88 Å². The topological polar surface area (TPSA) is 44.1 Å². The van der Waals surface area contributed by atoms with Crippen molar-refractivity contribution in [3.8, 4) is 5.88 Å². The summed E-state index contributed by atoms with van der Waals surface area (Å²) in [6, 6.07) is 11.9. The second-order valence-corrected chi connectivity index (χ2v) is 6.42. The maximum atomic E-state index is 13.3. The van der Waals surface area contributed by atoms with E-state index < -0.39 is 0 Å². The molecule has 0 saturated heterocycles. The number of aromatic nitrogens is 2. The predicted molar refractivity (Wildman–Crippen MR) is 97.4 cm³/mol. The van der Waals surface area contributed by atoms with Crippen molar-refractivity contribution in [2.75, 3.05) is 0 Å². The van der Waals surface area contributed by atoms with Crippen LogP contribution in [0.1, 0.15) is 11.1 Å². The molecule has 7 heteroatoms. The van der Waals surface area contributed by atoms with Gasteiger partial charge in [-0.3, -0.25) is 9.36 Å². The van der Waals surface area contributed by atoms with Crippen molar-refractivity contribution in [2.45, 2.75) is 13.2 Å². The summed E-state index contributed by atoms with van der Waals surface area (Å²) in [5.74, 6) is -0.464. The summed E-state index contributed by atoms with van der Waals surface area (Å²) in [5.41, 5.74) is 1.16. The third kappa shape index (κ3) is 4.41. The predicted octanol–water partition coefficient (Wildman–Crippen LogP) is 3.75. The smallest absolute Gasteiger partial charge is 0.271 e. The Kier molecular flexibility index (Phi) is 5.42. The molecule has 0 radical (unpaired) electrons. The van der Waals surface area contributed by atoms with E-state index in [1.54, 1.807) is 24.3 Å². The summed E-state index contributed by atoms with van der Waals surface area (Å²) in [4.78, 5) is 16.6. The van der Waals surface area contributed by atoms with Gasteiger partial charge in [-0.1, -0.05) is 24.3 Å². The van der Waals surface area contributed by atoms with E-state index in [1.807, 2.05) is 22.6 Å². The molecule has 1 aromatic heterocycles. The molecule has 128 valence electrons. The molecule has 0 bridgehead atoms. The maximum Gasteiger partial charge on any atom is 0.271 e. The molecular formula is C18H13F2IN2O2. The lowest BCUT2D eigenvalue weighted by atomic mass is 10.2. The van der Waals surface area contributed by atoms with Gasteiger partial charge in [-0.2, -0.15) is 0 Å². The van der Waals surface area contributed by atoms with Gasteiger partial charge in [0.15, 0.2) is 0 Å². The molecule has 0 amide bonds. The van der Waals surface area contributed by atoms with Crippen LogP contribution in [0.3, 0.4) is 0 Å². The van der Waals surface area contributed by atoms with Gasteiger partial charge in [0.1, 0.15) is 28.1 Å². The molecule has 2 aromatic carbocycles. The minimum absolute atomic E-state index is 0.177. The fourth-order valence-electron chi connectivity index (χ4n) is 2.23. The first kappa shape index (κ1) is 17.5.